The summed E-state index contributed by atoms with van der Waals surface area (Å²) in [6.07, 6.45) is 2.07. The highest BCUT2D eigenvalue weighted by atomic mass is 32.2. The van der Waals surface area contributed by atoms with E-state index < -0.39 is 9.84 Å². The Kier molecular flexibility index (Phi) is 5.58. The van der Waals surface area contributed by atoms with Crippen molar-refractivity contribution in [1.29, 1.82) is 0 Å². The molecule has 5 nitrogen and oxygen atoms in total. The van der Waals surface area contributed by atoms with Crippen molar-refractivity contribution in [3.05, 3.63) is 48.5 Å². The maximum Gasteiger partial charge on any atom is 0.264 e. The Balaban J connectivity index is 1.70. The second kappa shape index (κ2) is 7.72. The Bertz CT molecular complexity index is 894. The Labute approximate surface area is 158 Å². The van der Waals surface area contributed by atoms with E-state index in [-0.39, 0.29) is 17.4 Å². The maximum atomic E-state index is 12.7. The van der Waals surface area contributed by atoms with Gasteiger partial charge >= 0.3 is 0 Å². The van der Waals surface area contributed by atoms with E-state index >= 15 is 0 Å². The van der Waals surface area contributed by atoms with Gasteiger partial charge in [0.1, 0.15) is 5.75 Å². The van der Waals surface area contributed by atoms with Crippen molar-refractivity contribution in [3.63, 3.8) is 0 Å². The second-order valence-electron chi connectivity index (χ2n) is 6.26. The van der Waals surface area contributed by atoms with E-state index in [4.69, 9.17) is 4.74 Å². The maximum absolute atomic E-state index is 12.7. The molecule has 0 bridgehead atoms. The van der Waals surface area contributed by atoms with E-state index in [1.165, 1.54) is 12.1 Å². The summed E-state index contributed by atoms with van der Waals surface area (Å²) in [7, 11) is -3.24. The molecule has 1 heterocycles. The van der Waals surface area contributed by atoms with Crippen molar-refractivity contribution in [2.75, 3.05) is 24.3 Å². The molecule has 0 saturated carbocycles. The lowest BCUT2D eigenvalue weighted by atomic mass is 10.2. The first-order valence-corrected chi connectivity index (χ1v) is 11.1. The number of anilines is 1. The highest BCUT2D eigenvalue weighted by Crippen LogP contribution is 2.37. The molecule has 1 amide bonds. The van der Waals surface area contributed by atoms with Crippen molar-refractivity contribution in [3.8, 4) is 5.75 Å². The van der Waals surface area contributed by atoms with Crippen LogP contribution in [0.15, 0.2) is 58.3 Å². The fraction of sp³-hybridized carbons (Fsp3) is 0.316. The summed E-state index contributed by atoms with van der Waals surface area (Å²) in [5.74, 6) is 0.357. The third-order valence-electron chi connectivity index (χ3n) is 4.16. The fourth-order valence-electron chi connectivity index (χ4n) is 2.75. The summed E-state index contributed by atoms with van der Waals surface area (Å²) in [5, 5.41) is 0.443. The lowest BCUT2D eigenvalue weighted by Gasteiger charge is -2.22. The molecule has 0 N–H and O–H groups in total. The van der Waals surface area contributed by atoms with Gasteiger partial charge < -0.3 is 9.64 Å². The summed E-state index contributed by atoms with van der Waals surface area (Å²) < 4.78 is 28.6. The molecule has 1 aliphatic heterocycles. The van der Waals surface area contributed by atoms with E-state index in [1.807, 2.05) is 24.3 Å². The first-order chi connectivity index (χ1) is 12.3. The molecule has 138 valence electrons. The normalized spacial score (nSPS) is 17.3. The first kappa shape index (κ1) is 18.8. The van der Waals surface area contributed by atoms with Gasteiger partial charge in [0.25, 0.3) is 5.91 Å². The van der Waals surface area contributed by atoms with Crippen LogP contribution in [0.25, 0.3) is 0 Å². The van der Waals surface area contributed by atoms with E-state index in [0.29, 0.717) is 17.5 Å². The number of amides is 1. The molecule has 26 heavy (non-hydrogen) atoms. The molecule has 0 fully saturated rings. The SMILES string of the molecule is C[C@@H]1CCN(C(=O)COc2ccc(S(C)(=O)=O)cc2)c2ccccc2S1. The van der Waals surface area contributed by atoms with Crippen molar-refractivity contribution in [2.24, 2.45) is 0 Å². The molecule has 3 rings (SSSR count). The van der Waals surface area contributed by atoms with Gasteiger partial charge in [-0.3, -0.25) is 4.79 Å². The lowest BCUT2D eigenvalue weighted by Crippen LogP contribution is -2.36. The fourth-order valence-corrected chi connectivity index (χ4v) is 4.50. The summed E-state index contributed by atoms with van der Waals surface area (Å²) in [6.45, 7) is 2.72. The third-order valence-corrected chi connectivity index (χ3v) is 6.52. The molecule has 0 aromatic heterocycles. The predicted molar refractivity (Wildman–Crippen MR) is 104 cm³/mol. The number of rotatable bonds is 4. The number of ether oxygens (including phenoxy) is 1. The van der Waals surface area contributed by atoms with Gasteiger partial charge in [-0.05, 0) is 42.8 Å². The second-order valence-corrected chi connectivity index (χ2v) is 9.76. The van der Waals surface area contributed by atoms with Gasteiger partial charge in [0.05, 0.1) is 10.6 Å². The molecule has 7 heteroatoms. The topological polar surface area (TPSA) is 63.7 Å². The quantitative estimate of drug-likeness (QED) is 0.799. The number of nitrogens with zero attached hydrogens (tertiary/aromatic N) is 1. The average molecular weight is 392 g/mol. The van der Waals surface area contributed by atoms with Gasteiger partial charge in [-0.25, -0.2) is 8.42 Å². The van der Waals surface area contributed by atoms with Crippen LogP contribution in [0.2, 0.25) is 0 Å². The number of hydrogen-bond acceptors (Lipinski definition) is 5. The van der Waals surface area contributed by atoms with Crippen LogP contribution < -0.4 is 9.64 Å². The predicted octanol–water partition coefficient (Wildman–Crippen LogP) is 3.39. The van der Waals surface area contributed by atoms with E-state index in [2.05, 4.69) is 6.92 Å². The van der Waals surface area contributed by atoms with Crippen LogP contribution in [-0.2, 0) is 14.6 Å². The third kappa shape index (κ3) is 4.40. The number of benzene rings is 2. The molecular weight excluding hydrogens is 370 g/mol. The standard InChI is InChI=1S/C19H21NO4S2/c1-14-11-12-20(17-5-3-4-6-18(17)25-14)19(21)13-24-15-7-9-16(10-8-15)26(2,22)23/h3-10,14H,11-13H2,1-2H3/t14-/m1/s1. The zero-order valence-corrected chi connectivity index (χ0v) is 16.3. The van der Waals surface area contributed by atoms with Gasteiger partial charge in [0.15, 0.2) is 16.4 Å². The number of carbonyl (C=O) groups excluding carboxylic acids is 1. The van der Waals surface area contributed by atoms with Gasteiger partial charge in [0.2, 0.25) is 0 Å². The van der Waals surface area contributed by atoms with Crippen LogP contribution in [0, 0.1) is 0 Å². The van der Waals surface area contributed by atoms with Gasteiger partial charge in [-0.1, -0.05) is 19.1 Å². The summed E-state index contributed by atoms with van der Waals surface area (Å²) in [4.78, 5) is 15.8. The zero-order chi connectivity index (χ0) is 18.7. The monoisotopic (exact) mass is 391 g/mol. The lowest BCUT2D eigenvalue weighted by molar-refractivity contribution is -0.120. The minimum atomic E-state index is -3.24. The number of thioether (sulfide) groups is 1. The Hall–Kier alpha value is -1.99. The van der Waals surface area contributed by atoms with E-state index in [0.717, 1.165) is 23.3 Å². The number of carbonyl (C=O) groups is 1. The largest absolute Gasteiger partial charge is 0.484 e. The van der Waals surface area contributed by atoms with Crippen molar-refractivity contribution in [2.45, 2.75) is 28.4 Å². The molecule has 2 aromatic carbocycles. The van der Waals surface area contributed by atoms with Gasteiger partial charge in [-0.15, -0.1) is 11.8 Å². The summed E-state index contributed by atoms with van der Waals surface area (Å²) in [5.41, 5.74) is 0.919. The zero-order valence-electron chi connectivity index (χ0n) is 14.7. The number of para-hydroxylation sites is 1. The Morgan fingerprint density at radius 2 is 1.88 bits per heavy atom. The first-order valence-electron chi connectivity index (χ1n) is 8.33. The molecule has 0 radical (unpaired) electrons. The van der Waals surface area contributed by atoms with Crippen LogP contribution in [0.4, 0.5) is 5.69 Å². The minimum Gasteiger partial charge on any atom is -0.484 e. The van der Waals surface area contributed by atoms with E-state index in [1.54, 1.807) is 28.8 Å². The van der Waals surface area contributed by atoms with E-state index in [9.17, 15) is 13.2 Å². The highest BCUT2D eigenvalue weighted by Gasteiger charge is 2.24. The van der Waals surface area contributed by atoms with Gasteiger partial charge in [0, 0.05) is 22.9 Å². The highest BCUT2D eigenvalue weighted by molar-refractivity contribution is 8.00. The minimum absolute atomic E-state index is 0.0917. The van der Waals surface area contributed by atoms with Crippen molar-refractivity contribution >= 4 is 33.2 Å². The number of hydrogen-bond donors (Lipinski definition) is 0. The molecule has 0 unspecified atom stereocenters. The molecule has 1 aliphatic rings. The van der Waals surface area contributed by atoms with Crippen LogP contribution in [0.5, 0.6) is 5.75 Å². The van der Waals surface area contributed by atoms with Crippen LogP contribution in [-0.4, -0.2) is 39.0 Å². The van der Waals surface area contributed by atoms with Crippen molar-refractivity contribution in [1.82, 2.24) is 0 Å². The van der Waals surface area contributed by atoms with Crippen molar-refractivity contribution < 1.29 is 17.9 Å². The molecular formula is C19H21NO4S2. The smallest absolute Gasteiger partial charge is 0.264 e. The molecule has 1 atom stereocenters. The van der Waals surface area contributed by atoms with Crippen LogP contribution in [0.1, 0.15) is 13.3 Å². The Morgan fingerprint density at radius 1 is 1.19 bits per heavy atom. The molecule has 0 saturated heterocycles. The number of sulfone groups is 1. The average Bonchev–Trinajstić information content (AvgIpc) is 2.77. The molecule has 2 aromatic rings. The summed E-state index contributed by atoms with van der Waals surface area (Å²) in [6, 6.07) is 14.0. The molecule has 0 aliphatic carbocycles. The number of fused-ring (bicyclic) bond motifs is 1. The Morgan fingerprint density at radius 3 is 2.58 bits per heavy atom. The molecule has 0 spiro atoms. The summed E-state index contributed by atoms with van der Waals surface area (Å²) >= 11 is 1.78. The van der Waals surface area contributed by atoms with Gasteiger partial charge in [-0.2, -0.15) is 0 Å². The van der Waals surface area contributed by atoms with Crippen LogP contribution in [0.3, 0.4) is 0 Å². The van der Waals surface area contributed by atoms with Crippen LogP contribution >= 0.6 is 11.8 Å².